The smallest absolute Gasteiger partial charge is 0.213 e. The van der Waals surface area contributed by atoms with E-state index < -0.39 is 5.88 Å². The molecule has 0 heterocycles. The fourth-order valence-electron chi connectivity index (χ4n) is 1.74. The van der Waals surface area contributed by atoms with Crippen molar-refractivity contribution in [3.05, 3.63) is 54.7 Å². The zero-order valence-electron chi connectivity index (χ0n) is 10.1. The molecule has 3 nitrogen and oxygen atoms in total. The van der Waals surface area contributed by atoms with Gasteiger partial charge in [0.05, 0.1) is 11.5 Å². The summed E-state index contributed by atoms with van der Waals surface area (Å²) in [4.78, 5) is 0.463. The topological polar surface area (TPSA) is 44.3 Å². The third-order valence-electron chi connectivity index (χ3n) is 2.60. The van der Waals surface area contributed by atoms with Crippen molar-refractivity contribution in [1.82, 2.24) is 5.32 Å². The van der Waals surface area contributed by atoms with Crippen LogP contribution in [0.25, 0.3) is 10.8 Å². The number of halogens is 1. The summed E-state index contributed by atoms with van der Waals surface area (Å²) in [5.74, 6) is -0.540. The molecule has 0 aromatic heterocycles. The number of hydrogen-bond acceptors (Lipinski definition) is 3. The Balaban J connectivity index is 2.11. The second-order valence-electron chi connectivity index (χ2n) is 3.92. The van der Waals surface area contributed by atoms with Crippen LogP contribution >= 0.6 is 12.2 Å². The number of benzene rings is 2. The van der Waals surface area contributed by atoms with Crippen LogP contribution in [-0.4, -0.2) is 16.6 Å². The molecule has 19 heavy (non-hydrogen) atoms. The Morgan fingerprint density at radius 1 is 1.21 bits per heavy atom. The van der Waals surface area contributed by atoms with Gasteiger partial charge < -0.3 is 15.7 Å². The van der Waals surface area contributed by atoms with Crippen LogP contribution in [0.2, 0.25) is 0 Å². The van der Waals surface area contributed by atoms with E-state index in [-0.39, 0.29) is 12.9 Å². The van der Waals surface area contributed by atoms with Crippen molar-refractivity contribution in [2.75, 3.05) is 11.9 Å². The average Bonchev–Trinajstić information content (AvgIpc) is 2.45. The summed E-state index contributed by atoms with van der Waals surface area (Å²) >= 11 is 5.13. The van der Waals surface area contributed by atoms with E-state index in [9.17, 15) is 4.39 Å². The maximum atomic E-state index is 11.9. The Morgan fingerprint density at radius 2 is 1.95 bits per heavy atom. The van der Waals surface area contributed by atoms with Crippen LogP contribution in [0.3, 0.4) is 0 Å². The highest BCUT2D eigenvalue weighted by Gasteiger charge is 2.03. The van der Waals surface area contributed by atoms with Crippen molar-refractivity contribution in [2.24, 2.45) is 0 Å². The fraction of sp³-hybridized carbons (Fsp3) is 0.0714. The van der Waals surface area contributed by atoms with Gasteiger partial charge >= 0.3 is 0 Å². The van der Waals surface area contributed by atoms with Gasteiger partial charge in [-0.1, -0.05) is 48.6 Å². The normalized spacial score (nSPS) is 11.3. The van der Waals surface area contributed by atoms with E-state index in [0.29, 0.717) is 4.99 Å². The van der Waals surface area contributed by atoms with Crippen LogP contribution in [0.1, 0.15) is 0 Å². The van der Waals surface area contributed by atoms with E-state index in [1.165, 1.54) is 0 Å². The quantitative estimate of drug-likeness (QED) is 0.591. The molecule has 2 aromatic rings. The van der Waals surface area contributed by atoms with Gasteiger partial charge in [0.25, 0.3) is 0 Å². The first-order valence-corrected chi connectivity index (χ1v) is 6.12. The Morgan fingerprint density at radius 3 is 2.74 bits per heavy atom. The van der Waals surface area contributed by atoms with Gasteiger partial charge in [0.15, 0.2) is 0 Å². The monoisotopic (exact) mass is 276 g/mol. The molecule has 0 aliphatic carbocycles. The number of fused-ring (bicyclic) bond motifs is 1. The summed E-state index contributed by atoms with van der Waals surface area (Å²) in [6.07, 6.45) is 0.0839. The first-order chi connectivity index (χ1) is 9.20. The lowest BCUT2D eigenvalue weighted by molar-refractivity contribution is 0.357. The number of thiocarbonyl (C=S) groups is 1. The molecule has 0 saturated carbocycles. The van der Waals surface area contributed by atoms with Crippen molar-refractivity contribution in [3.63, 3.8) is 0 Å². The van der Waals surface area contributed by atoms with Crippen LogP contribution in [0.4, 0.5) is 10.1 Å². The van der Waals surface area contributed by atoms with Gasteiger partial charge in [-0.25, -0.2) is 4.39 Å². The summed E-state index contributed by atoms with van der Waals surface area (Å²) < 4.78 is 11.9. The fourth-order valence-corrected chi connectivity index (χ4v) is 1.92. The molecule has 2 aromatic carbocycles. The number of aliphatic hydroxyl groups is 1. The Bertz CT molecular complexity index is 622. The minimum Gasteiger partial charge on any atom is -0.493 e. The first kappa shape index (κ1) is 13.3. The molecule has 0 aliphatic heterocycles. The highest BCUT2D eigenvalue weighted by molar-refractivity contribution is 7.80. The van der Waals surface area contributed by atoms with Crippen LogP contribution in [-0.2, 0) is 0 Å². The van der Waals surface area contributed by atoms with Crippen molar-refractivity contribution in [2.45, 2.75) is 0 Å². The van der Waals surface area contributed by atoms with Gasteiger partial charge in [-0.15, -0.1) is 0 Å². The highest BCUT2D eigenvalue weighted by atomic mass is 32.1. The van der Waals surface area contributed by atoms with E-state index in [4.69, 9.17) is 17.3 Å². The van der Waals surface area contributed by atoms with Crippen LogP contribution in [0, 0.1) is 0 Å². The summed E-state index contributed by atoms with van der Waals surface area (Å²) in [5.41, 5.74) is 0.883. The Labute approximate surface area is 115 Å². The predicted molar refractivity (Wildman–Crippen MR) is 80.0 cm³/mol. The van der Waals surface area contributed by atoms with E-state index in [1.54, 1.807) is 0 Å². The molecule has 0 radical (unpaired) electrons. The maximum Gasteiger partial charge on any atom is 0.213 e. The second kappa shape index (κ2) is 6.15. The standard InChI is InChI=1S/C14H13FN2OS/c15-8-13(18)16-9-14(19)17-12-7-3-5-10-4-1-2-6-11(10)12/h1-8,16,18H,9H2,(H,17,19)/b13-8-. The van der Waals surface area contributed by atoms with Crippen molar-refractivity contribution in [1.29, 1.82) is 0 Å². The van der Waals surface area contributed by atoms with Crippen molar-refractivity contribution < 1.29 is 9.50 Å². The third-order valence-corrected chi connectivity index (χ3v) is 2.84. The number of anilines is 1. The molecular weight excluding hydrogens is 263 g/mol. The molecule has 0 bridgehead atoms. The highest BCUT2D eigenvalue weighted by Crippen LogP contribution is 2.22. The molecule has 3 N–H and O–H groups in total. The zero-order chi connectivity index (χ0) is 13.7. The molecule has 0 spiro atoms. The minimum atomic E-state index is -0.540. The van der Waals surface area contributed by atoms with Gasteiger partial charge in [-0.3, -0.25) is 0 Å². The number of rotatable bonds is 4. The van der Waals surface area contributed by atoms with Crippen LogP contribution in [0.5, 0.6) is 0 Å². The molecule has 2 rings (SSSR count). The lowest BCUT2D eigenvalue weighted by atomic mass is 10.1. The molecular formula is C14H13FN2OS. The van der Waals surface area contributed by atoms with Gasteiger partial charge in [0.2, 0.25) is 5.88 Å². The van der Waals surface area contributed by atoms with Gasteiger partial charge in [-0.2, -0.15) is 0 Å². The largest absolute Gasteiger partial charge is 0.493 e. The molecule has 0 atom stereocenters. The molecule has 0 saturated heterocycles. The molecule has 0 aliphatic rings. The van der Waals surface area contributed by atoms with Gasteiger partial charge in [0, 0.05) is 11.1 Å². The minimum absolute atomic E-state index is 0.0839. The molecule has 0 amide bonds. The molecule has 98 valence electrons. The Kier molecular flexibility index (Phi) is 4.30. The second-order valence-corrected chi connectivity index (χ2v) is 4.42. The van der Waals surface area contributed by atoms with E-state index in [1.807, 2.05) is 42.5 Å². The Hall–Kier alpha value is -2.14. The SMILES string of the molecule is O/C(=C\F)NCC(=S)Nc1cccc2ccccc12. The summed E-state index contributed by atoms with van der Waals surface area (Å²) in [5, 5.41) is 16.6. The molecule has 5 heteroatoms. The van der Waals surface area contributed by atoms with Crippen molar-refractivity contribution >= 4 is 33.7 Å². The van der Waals surface area contributed by atoms with E-state index in [2.05, 4.69) is 10.6 Å². The first-order valence-electron chi connectivity index (χ1n) is 5.71. The number of aliphatic hydroxyl groups excluding tert-OH is 1. The summed E-state index contributed by atoms with van der Waals surface area (Å²) in [6, 6.07) is 13.8. The van der Waals surface area contributed by atoms with Gasteiger partial charge in [-0.05, 0) is 11.5 Å². The maximum absolute atomic E-state index is 11.9. The van der Waals surface area contributed by atoms with E-state index >= 15 is 0 Å². The zero-order valence-corrected chi connectivity index (χ0v) is 10.9. The lowest BCUT2D eigenvalue weighted by Crippen LogP contribution is -2.26. The average molecular weight is 276 g/mol. The van der Waals surface area contributed by atoms with E-state index in [0.717, 1.165) is 16.5 Å². The number of hydrogen-bond donors (Lipinski definition) is 3. The third kappa shape index (κ3) is 3.42. The van der Waals surface area contributed by atoms with Crippen LogP contribution in [0.15, 0.2) is 54.7 Å². The number of nitrogens with one attached hydrogen (secondary N) is 2. The van der Waals surface area contributed by atoms with Crippen molar-refractivity contribution in [3.8, 4) is 0 Å². The summed E-state index contributed by atoms with van der Waals surface area (Å²) in [6.45, 7) is 0.158. The molecule has 0 unspecified atom stereocenters. The predicted octanol–water partition coefficient (Wildman–Crippen LogP) is 3.50. The van der Waals surface area contributed by atoms with Crippen LogP contribution < -0.4 is 10.6 Å². The summed E-state index contributed by atoms with van der Waals surface area (Å²) in [7, 11) is 0. The lowest BCUT2D eigenvalue weighted by Gasteiger charge is -2.11. The molecule has 0 fully saturated rings. The van der Waals surface area contributed by atoms with Gasteiger partial charge in [0.1, 0.15) is 6.33 Å².